The van der Waals surface area contributed by atoms with Crippen molar-refractivity contribution < 1.29 is 0 Å². The predicted molar refractivity (Wildman–Crippen MR) is 101 cm³/mol. The maximum absolute atomic E-state index is 9.35. The Hall–Kier alpha value is -2.94. The van der Waals surface area contributed by atoms with E-state index in [0.29, 0.717) is 23.5 Å². The summed E-state index contributed by atoms with van der Waals surface area (Å²) < 4.78 is 2.35. The van der Waals surface area contributed by atoms with Crippen molar-refractivity contribution in [2.45, 2.75) is 38.6 Å². The van der Waals surface area contributed by atoms with Crippen LogP contribution in [0.5, 0.6) is 0 Å². The maximum Gasteiger partial charge on any atom is 0.183 e. The fourth-order valence-electron chi connectivity index (χ4n) is 3.92. The molecule has 1 aliphatic heterocycles. The molecule has 3 aromatic rings. The van der Waals surface area contributed by atoms with Crippen molar-refractivity contribution in [1.82, 2.24) is 19.5 Å². The zero-order valence-corrected chi connectivity index (χ0v) is 15.1. The molecule has 0 aliphatic carbocycles. The number of hydrogen-bond donors (Lipinski definition) is 0. The van der Waals surface area contributed by atoms with E-state index in [9.17, 15) is 5.26 Å². The maximum atomic E-state index is 9.35. The smallest absolute Gasteiger partial charge is 0.183 e. The lowest BCUT2D eigenvalue weighted by molar-refractivity contribution is 0.457. The number of nitriles is 1. The molecule has 1 aromatic carbocycles. The van der Waals surface area contributed by atoms with Gasteiger partial charge in [-0.2, -0.15) is 5.26 Å². The summed E-state index contributed by atoms with van der Waals surface area (Å²) in [5.74, 6) is 2.13. The van der Waals surface area contributed by atoms with Crippen LogP contribution in [-0.4, -0.2) is 32.6 Å². The molecule has 0 radical (unpaired) electrons. The van der Waals surface area contributed by atoms with E-state index < -0.39 is 0 Å². The second kappa shape index (κ2) is 6.75. The van der Waals surface area contributed by atoms with E-state index in [1.54, 1.807) is 12.4 Å². The Balaban J connectivity index is 1.72. The quantitative estimate of drug-likeness (QED) is 0.724. The summed E-state index contributed by atoms with van der Waals surface area (Å²) in [5, 5.41) is 9.35. The molecule has 0 unspecified atom stereocenters. The zero-order chi connectivity index (χ0) is 18.1. The van der Waals surface area contributed by atoms with Gasteiger partial charge < -0.3 is 9.47 Å². The molecule has 3 heterocycles. The van der Waals surface area contributed by atoms with Crippen LogP contribution in [0.25, 0.3) is 11.0 Å². The van der Waals surface area contributed by atoms with Crippen LogP contribution in [0.4, 0.5) is 5.82 Å². The van der Waals surface area contributed by atoms with Gasteiger partial charge >= 0.3 is 0 Å². The minimum Gasteiger partial charge on any atom is -0.353 e. The third-order valence-electron chi connectivity index (χ3n) is 5.01. The number of aromatic nitrogens is 4. The van der Waals surface area contributed by atoms with Crippen molar-refractivity contribution >= 4 is 16.9 Å². The lowest BCUT2D eigenvalue weighted by Crippen LogP contribution is -2.36. The fraction of sp³-hybridized carbons (Fsp3) is 0.400. The summed E-state index contributed by atoms with van der Waals surface area (Å²) >= 11 is 0. The summed E-state index contributed by atoms with van der Waals surface area (Å²) in [6, 6.07) is 10.8. The van der Waals surface area contributed by atoms with Crippen molar-refractivity contribution in [3.63, 3.8) is 0 Å². The first-order valence-electron chi connectivity index (χ1n) is 9.12. The molecule has 0 amide bonds. The molecule has 1 saturated heterocycles. The summed E-state index contributed by atoms with van der Waals surface area (Å²) in [4.78, 5) is 15.7. The minimum atomic E-state index is 0.312. The van der Waals surface area contributed by atoms with Crippen molar-refractivity contribution in [3.8, 4) is 6.07 Å². The predicted octanol–water partition coefficient (Wildman–Crippen LogP) is 3.66. The Labute approximate surface area is 153 Å². The van der Waals surface area contributed by atoms with Crippen molar-refractivity contribution in [2.75, 3.05) is 18.0 Å². The molecule has 0 N–H and O–H groups in total. The summed E-state index contributed by atoms with van der Waals surface area (Å²) in [6.07, 6.45) is 5.37. The van der Waals surface area contributed by atoms with Gasteiger partial charge in [-0.05, 0) is 38.8 Å². The third-order valence-corrected chi connectivity index (χ3v) is 5.01. The van der Waals surface area contributed by atoms with Gasteiger partial charge in [0, 0.05) is 37.4 Å². The number of anilines is 1. The molecule has 132 valence electrons. The van der Waals surface area contributed by atoms with E-state index in [-0.39, 0.29) is 0 Å². The van der Waals surface area contributed by atoms with Crippen LogP contribution < -0.4 is 4.90 Å². The third kappa shape index (κ3) is 2.80. The first-order valence-corrected chi connectivity index (χ1v) is 9.12. The molecule has 6 heteroatoms. The number of imidazole rings is 1. The Bertz CT molecular complexity index is 968. The highest BCUT2D eigenvalue weighted by molar-refractivity contribution is 5.76. The highest BCUT2D eigenvalue weighted by Crippen LogP contribution is 2.33. The zero-order valence-electron chi connectivity index (χ0n) is 15.1. The monoisotopic (exact) mass is 346 g/mol. The summed E-state index contributed by atoms with van der Waals surface area (Å²) in [7, 11) is 0. The molecule has 4 rings (SSSR count). The SMILES string of the molecule is CC(C)n1c([C@@H]2CCCN(c3nccnc3C#N)C2)nc2ccccc21. The molecule has 6 nitrogen and oxygen atoms in total. The average molecular weight is 346 g/mol. The highest BCUT2D eigenvalue weighted by Gasteiger charge is 2.28. The second-order valence-corrected chi connectivity index (χ2v) is 7.05. The van der Waals surface area contributed by atoms with Gasteiger partial charge in [-0.15, -0.1) is 0 Å². The van der Waals surface area contributed by atoms with Crippen molar-refractivity contribution in [1.29, 1.82) is 5.26 Å². The Morgan fingerprint density at radius 1 is 1.19 bits per heavy atom. The summed E-state index contributed by atoms with van der Waals surface area (Å²) in [5.41, 5.74) is 2.63. The second-order valence-electron chi connectivity index (χ2n) is 7.05. The number of piperidine rings is 1. The van der Waals surface area contributed by atoms with E-state index in [2.05, 4.69) is 57.6 Å². The van der Waals surface area contributed by atoms with Crippen LogP contribution in [0.3, 0.4) is 0 Å². The summed E-state index contributed by atoms with van der Waals surface area (Å²) in [6.45, 7) is 6.11. The number of hydrogen-bond acceptors (Lipinski definition) is 5. The standard InChI is InChI=1S/C20H22N6/c1-14(2)26-18-8-4-3-7-16(18)24-19(26)15-6-5-11-25(13-15)20-17(12-21)22-9-10-23-20/h3-4,7-10,14-15H,5-6,11,13H2,1-2H3/t15-/m1/s1. The van der Waals surface area contributed by atoms with E-state index >= 15 is 0 Å². The Morgan fingerprint density at radius 2 is 2.00 bits per heavy atom. The van der Waals surface area contributed by atoms with Crippen LogP contribution in [0.2, 0.25) is 0 Å². The van der Waals surface area contributed by atoms with Gasteiger partial charge in [0.1, 0.15) is 11.9 Å². The topological polar surface area (TPSA) is 70.6 Å². The molecule has 1 atom stereocenters. The molecule has 1 fully saturated rings. The molecule has 0 saturated carbocycles. The van der Waals surface area contributed by atoms with Crippen LogP contribution in [0.1, 0.15) is 50.2 Å². The normalized spacial score (nSPS) is 17.6. The van der Waals surface area contributed by atoms with Gasteiger partial charge in [-0.3, -0.25) is 0 Å². The molecule has 1 aliphatic rings. The Morgan fingerprint density at radius 3 is 2.81 bits per heavy atom. The first-order chi connectivity index (χ1) is 12.7. The van der Waals surface area contributed by atoms with Crippen LogP contribution in [-0.2, 0) is 0 Å². The van der Waals surface area contributed by atoms with E-state index in [4.69, 9.17) is 4.98 Å². The van der Waals surface area contributed by atoms with Crippen LogP contribution in [0.15, 0.2) is 36.7 Å². The van der Waals surface area contributed by atoms with Gasteiger partial charge in [0.25, 0.3) is 0 Å². The molecule has 2 aromatic heterocycles. The highest BCUT2D eigenvalue weighted by atomic mass is 15.2. The number of benzene rings is 1. The molecular formula is C20H22N6. The fourth-order valence-corrected chi connectivity index (χ4v) is 3.92. The molecule has 26 heavy (non-hydrogen) atoms. The van der Waals surface area contributed by atoms with Gasteiger partial charge in [0.2, 0.25) is 0 Å². The van der Waals surface area contributed by atoms with Crippen LogP contribution >= 0.6 is 0 Å². The average Bonchev–Trinajstić information content (AvgIpc) is 3.08. The number of rotatable bonds is 3. The van der Waals surface area contributed by atoms with Crippen molar-refractivity contribution in [3.05, 3.63) is 48.2 Å². The number of fused-ring (bicyclic) bond motifs is 1. The first kappa shape index (κ1) is 16.5. The Kier molecular flexibility index (Phi) is 4.29. The molecule has 0 bridgehead atoms. The lowest BCUT2D eigenvalue weighted by Gasteiger charge is -2.34. The van der Waals surface area contributed by atoms with E-state index in [1.165, 1.54) is 5.52 Å². The van der Waals surface area contributed by atoms with Gasteiger partial charge in [-0.25, -0.2) is 15.0 Å². The van der Waals surface area contributed by atoms with Gasteiger partial charge in [0.15, 0.2) is 11.5 Å². The van der Waals surface area contributed by atoms with Crippen LogP contribution in [0, 0.1) is 11.3 Å². The van der Waals surface area contributed by atoms with E-state index in [1.807, 2.05) is 6.07 Å². The van der Waals surface area contributed by atoms with Gasteiger partial charge in [-0.1, -0.05) is 12.1 Å². The van der Waals surface area contributed by atoms with Gasteiger partial charge in [0.05, 0.1) is 11.0 Å². The molecular weight excluding hydrogens is 324 g/mol. The minimum absolute atomic E-state index is 0.312. The van der Waals surface area contributed by atoms with Crippen molar-refractivity contribution in [2.24, 2.45) is 0 Å². The molecule has 0 spiro atoms. The number of nitrogens with zero attached hydrogens (tertiary/aromatic N) is 6. The largest absolute Gasteiger partial charge is 0.353 e. The number of para-hydroxylation sites is 2. The van der Waals surface area contributed by atoms with E-state index in [0.717, 1.165) is 37.3 Å². The lowest BCUT2D eigenvalue weighted by atomic mass is 9.96.